The number of para-hydroxylation sites is 1. The first-order chi connectivity index (χ1) is 16.7. The van der Waals surface area contributed by atoms with Crippen molar-refractivity contribution >= 4 is 17.5 Å². The molecule has 1 saturated carbocycles. The molecular formula is C26H37N5O4. The molecule has 0 radical (unpaired) electrons. The van der Waals surface area contributed by atoms with E-state index < -0.39 is 0 Å². The molecule has 0 bridgehead atoms. The Morgan fingerprint density at radius 3 is 2.71 bits per heavy atom. The van der Waals surface area contributed by atoms with Crippen molar-refractivity contribution in [1.29, 1.82) is 0 Å². The van der Waals surface area contributed by atoms with Crippen LogP contribution >= 0.6 is 0 Å². The van der Waals surface area contributed by atoms with Crippen LogP contribution in [0.1, 0.15) is 53.2 Å². The maximum Gasteiger partial charge on any atom is 0.274 e. The molecule has 1 aliphatic carbocycles. The van der Waals surface area contributed by atoms with Crippen molar-refractivity contribution in [2.75, 3.05) is 38.6 Å². The first-order valence-electron chi connectivity index (χ1n) is 12.4. The number of amides is 2. The molecule has 2 amide bonds. The van der Waals surface area contributed by atoms with Crippen molar-refractivity contribution in [2.45, 2.75) is 45.8 Å². The van der Waals surface area contributed by atoms with Crippen molar-refractivity contribution in [3.63, 3.8) is 0 Å². The number of ether oxygens (including phenoxy) is 1. The van der Waals surface area contributed by atoms with Gasteiger partial charge in [-0.1, -0.05) is 13.0 Å². The molecule has 9 nitrogen and oxygen atoms in total. The summed E-state index contributed by atoms with van der Waals surface area (Å²) >= 11 is 0. The summed E-state index contributed by atoms with van der Waals surface area (Å²) in [7, 11) is 3.82. The highest BCUT2D eigenvalue weighted by molar-refractivity contribution is 6.06. The van der Waals surface area contributed by atoms with Gasteiger partial charge >= 0.3 is 0 Å². The Kier molecular flexibility index (Phi) is 7.47. The van der Waals surface area contributed by atoms with Gasteiger partial charge in [0.15, 0.2) is 5.75 Å². The number of aromatic nitrogens is 2. The number of nitrogens with zero attached hydrogens (tertiary/aromatic N) is 4. The number of aryl methyl sites for hydroxylation is 2. The topological polar surface area (TPSA) is 99.9 Å². The van der Waals surface area contributed by atoms with Crippen LogP contribution in [0.3, 0.4) is 0 Å². The van der Waals surface area contributed by atoms with E-state index in [1.54, 1.807) is 36.2 Å². The van der Waals surface area contributed by atoms with Gasteiger partial charge in [0.2, 0.25) is 0 Å². The standard InChI is InChI=1S/C26H37N5O4/c1-16-12-31(18(3)15-32)26(34)20-7-6-8-21(27-25(33)22-11-17(2)28-30(22)5)24(20)35-23(16)14-29(4)13-19-9-10-19/h6-8,11,16,18-19,23,32H,9-10,12-15H2,1-5H3,(H,27,33)/t16-,18+,23-/m0/s1. The van der Waals surface area contributed by atoms with E-state index in [-0.39, 0.29) is 36.5 Å². The third kappa shape index (κ3) is 5.67. The number of anilines is 1. The van der Waals surface area contributed by atoms with E-state index >= 15 is 0 Å². The monoisotopic (exact) mass is 483 g/mol. The maximum atomic E-state index is 13.6. The number of fused-ring (bicyclic) bond motifs is 1. The van der Waals surface area contributed by atoms with Crippen LogP contribution in [0, 0.1) is 18.8 Å². The van der Waals surface area contributed by atoms with Crippen LogP contribution in [0.5, 0.6) is 5.75 Å². The molecule has 1 aromatic heterocycles. The molecule has 3 atom stereocenters. The molecule has 2 N–H and O–H groups in total. The van der Waals surface area contributed by atoms with Crippen LogP contribution in [-0.2, 0) is 7.05 Å². The average molecular weight is 484 g/mol. The van der Waals surface area contributed by atoms with Gasteiger partial charge in [0.1, 0.15) is 11.8 Å². The minimum absolute atomic E-state index is 0.0197. The molecule has 35 heavy (non-hydrogen) atoms. The Morgan fingerprint density at radius 2 is 2.09 bits per heavy atom. The van der Waals surface area contributed by atoms with Gasteiger partial charge in [0, 0.05) is 32.6 Å². The predicted molar refractivity (Wildman–Crippen MR) is 134 cm³/mol. The molecule has 0 spiro atoms. The SMILES string of the molecule is Cc1cc(C(=O)Nc2cccc3c2O[C@@H](CN(C)CC2CC2)[C@@H](C)CN([C@H](C)CO)C3=O)n(C)n1. The van der Waals surface area contributed by atoms with Gasteiger partial charge in [-0.2, -0.15) is 5.10 Å². The zero-order chi connectivity index (χ0) is 25.3. The van der Waals surface area contributed by atoms with E-state index in [1.165, 1.54) is 17.5 Å². The molecule has 0 saturated heterocycles. The number of benzene rings is 1. The predicted octanol–water partition coefficient (Wildman–Crippen LogP) is 2.54. The van der Waals surface area contributed by atoms with Gasteiger partial charge in [-0.05, 0) is 57.9 Å². The van der Waals surface area contributed by atoms with Crippen LogP contribution < -0.4 is 10.1 Å². The summed E-state index contributed by atoms with van der Waals surface area (Å²) in [5.41, 5.74) is 1.99. The molecule has 190 valence electrons. The van der Waals surface area contributed by atoms with E-state index in [9.17, 15) is 14.7 Å². The average Bonchev–Trinajstić information content (AvgIpc) is 3.56. The number of hydrogen-bond donors (Lipinski definition) is 2. The highest BCUT2D eigenvalue weighted by Gasteiger charge is 2.35. The van der Waals surface area contributed by atoms with Gasteiger partial charge in [0.25, 0.3) is 11.8 Å². The second-order valence-corrected chi connectivity index (χ2v) is 10.2. The molecule has 1 aliphatic heterocycles. The Hall–Kier alpha value is -2.91. The van der Waals surface area contributed by atoms with Crippen molar-refractivity contribution in [1.82, 2.24) is 19.6 Å². The fourth-order valence-electron chi connectivity index (χ4n) is 4.69. The summed E-state index contributed by atoms with van der Waals surface area (Å²) in [5.74, 6) is 0.602. The molecule has 0 unspecified atom stereocenters. The highest BCUT2D eigenvalue weighted by Crippen LogP contribution is 2.36. The Balaban J connectivity index is 1.69. The maximum absolute atomic E-state index is 13.6. The van der Waals surface area contributed by atoms with Crippen molar-refractivity contribution in [2.24, 2.45) is 18.9 Å². The van der Waals surface area contributed by atoms with Crippen LogP contribution in [0.4, 0.5) is 5.69 Å². The van der Waals surface area contributed by atoms with Gasteiger partial charge in [-0.15, -0.1) is 0 Å². The van der Waals surface area contributed by atoms with E-state index in [0.29, 0.717) is 35.8 Å². The smallest absolute Gasteiger partial charge is 0.274 e. The number of aliphatic hydroxyl groups excluding tert-OH is 1. The minimum atomic E-state index is -0.337. The Morgan fingerprint density at radius 1 is 1.34 bits per heavy atom. The van der Waals surface area contributed by atoms with Crippen LogP contribution in [0.15, 0.2) is 24.3 Å². The van der Waals surface area contributed by atoms with E-state index in [2.05, 4.69) is 29.3 Å². The van der Waals surface area contributed by atoms with Crippen molar-refractivity contribution in [3.8, 4) is 5.75 Å². The molecule has 2 heterocycles. The summed E-state index contributed by atoms with van der Waals surface area (Å²) in [6, 6.07) is 6.60. The normalized spacial score (nSPS) is 21.2. The summed E-state index contributed by atoms with van der Waals surface area (Å²) in [6.07, 6.45) is 2.35. The van der Waals surface area contributed by atoms with Crippen LogP contribution in [-0.4, -0.2) is 81.9 Å². The van der Waals surface area contributed by atoms with Gasteiger partial charge < -0.3 is 25.0 Å². The third-order valence-electron chi connectivity index (χ3n) is 6.93. The second-order valence-electron chi connectivity index (χ2n) is 10.2. The van der Waals surface area contributed by atoms with Gasteiger partial charge in [-0.25, -0.2) is 0 Å². The van der Waals surface area contributed by atoms with Crippen molar-refractivity contribution in [3.05, 3.63) is 41.2 Å². The molecule has 4 rings (SSSR count). The summed E-state index contributed by atoms with van der Waals surface area (Å²) in [5, 5.41) is 17.0. The number of hydrogen-bond acceptors (Lipinski definition) is 6. The summed E-state index contributed by atoms with van der Waals surface area (Å²) in [6.45, 7) is 7.83. The molecule has 1 aromatic carbocycles. The van der Waals surface area contributed by atoms with Crippen LogP contribution in [0.2, 0.25) is 0 Å². The molecule has 2 aliphatic rings. The molecule has 2 aromatic rings. The number of aliphatic hydroxyl groups is 1. The number of rotatable bonds is 8. The quantitative estimate of drug-likeness (QED) is 0.599. The number of likely N-dealkylation sites (N-methyl/N-ethyl adjacent to an activating group) is 1. The number of nitrogens with one attached hydrogen (secondary N) is 1. The fourth-order valence-corrected chi connectivity index (χ4v) is 4.69. The lowest BCUT2D eigenvalue weighted by Crippen LogP contribution is -2.50. The van der Waals surface area contributed by atoms with Gasteiger partial charge in [0.05, 0.1) is 29.6 Å². The second kappa shape index (κ2) is 10.4. The lowest BCUT2D eigenvalue weighted by Gasteiger charge is -2.38. The zero-order valence-electron chi connectivity index (χ0n) is 21.3. The summed E-state index contributed by atoms with van der Waals surface area (Å²) < 4.78 is 8.10. The lowest BCUT2D eigenvalue weighted by atomic mass is 9.99. The molecule has 1 fully saturated rings. The van der Waals surface area contributed by atoms with E-state index in [1.807, 2.05) is 13.8 Å². The first-order valence-corrected chi connectivity index (χ1v) is 12.4. The largest absolute Gasteiger partial charge is 0.486 e. The first kappa shape index (κ1) is 25.2. The van der Waals surface area contributed by atoms with Gasteiger partial charge in [-0.3, -0.25) is 14.3 Å². The minimum Gasteiger partial charge on any atom is -0.486 e. The fraction of sp³-hybridized carbons (Fsp3) is 0.577. The zero-order valence-corrected chi connectivity index (χ0v) is 21.3. The Bertz CT molecular complexity index is 1080. The molecule has 9 heteroatoms. The highest BCUT2D eigenvalue weighted by atomic mass is 16.5. The molecular weight excluding hydrogens is 446 g/mol. The third-order valence-corrected chi connectivity index (χ3v) is 6.93. The van der Waals surface area contributed by atoms with Crippen molar-refractivity contribution < 1.29 is 19.4 Å². The Labute approximate surface area is 207 Å². The van der Waals surface area contributed by atoms with Crippen LogP contribution in [0.25, 0.3) is 0 Å². The number of carbonyl (C=O) groups is 2. The van der Waals surface area contributed by atoms with E-state index in [4.69, 9.17) is 4.74 Å². The number of carbonyl (C=O) groups excluding carboxylic acids is 2. The lowest BCUT2D eigenvalue weighted by molar-refractivity contribution is 0.0345. The van der Waals surface area contributed by atoms with E-state index in [0.717, 1.165) is 18.2 Å². The summed E-state index contributed by atoms with van der Waals surface area (Å²) in [4.78, 5) is 30.7.